The largest absolute Gasteiger partial charge is 0.422 e. The summed E-state index contributed by atoms with van der Waals surface area (Å²) in [6.07, 6.45) is 0. The normalized spacial score (nSPS) is 12.3. The Morgan fingerprint density at radius 2 is 1.48 bits per heavy atom. The molecule has 6 heteroatoms. The third-order valence-electron chi connectivity index (χ3n) is 5.30. The van der Waals surface area contributed by atoms with Gasteiger partial charge in [-0.15, -0.1) is 0 Å². The van der Waals surface area contributed by atoms with Crippen LogP contribution in [0.25, 0.3) is 10.8 Å². The number of carbonyl (C=O) groups excluding carboxylic acids is 1. The van der Waals surface area contributed by atoms with E-state index >= 15 is 0 Å². The molecule has 1 atom stereocenters. The van der Waals surface area contributed by atoms with Crippen molar-refractivity contribution in [3.63, 3.8) is 0 Å². The number of aryl methyl sites for hydroxylation is 1. The monoisotopic (exact) mass is 457 g/mol. The van der Waals surface area contributed by atoms with Crippen LogP contribution in [0.2, 0.25) is 0 Å². The van der Waals surface area contributed by atoms with Gasteiger partial charge in [-0.05, 0) is 36.1 Å². The Hall–Kier alpha value is -3.74. The van der Waals surface area contributed by atoms with Crippen molar-refractivity contribution in [1.82, 2.24) is 4.72 Å². The molecule has 0 saturated heterocycles. The van der Waals surface area contributed by atoms with Gasteiger partial charge in [0, 0.05) is 5.39 Å². The summed E-state index contributed by atoms with van der Waals surface area (Å²) in [7, 11) is -3.93. The number of rotatable bonds is 7. The standard InChI is InChI=1S/C27H23NO4S/c1-19-15-17-23(18-16-19)33(30,31)28-26(22-10-4-3-5-11-22)20(2)27(29)32-25-14-8-12-21-9-6-7-13-24(21)25/h3-18,26,28H,2H2,1H3/t26-/m1/s1. The molecule has 0 spiro atoms. The molecule has 1 N–H and O–H groups in total. The molecule has 0 unspecified atom stereocenters. The zero-order chi connectivity index (χ0) is 23.4. The second-order valence-electron chi connectivity index (χ2n) is 7.67. The Bertz CT molecular complexity index is 1410. The number of esters is 1. The van der Waals surface area contributed by atoms with Crippen LogP contribution in [0.5, 0.6) is 5.75 Å². The summed E-state index contributed by atoms with van der Waals surface area (Å²) in [6, 6.07) is 27.3. The van der Waals surface area contributed by atoms with Crippen LogP contribution >= 0.6 is 0 Å². The van der Waals surface area contributed by atoms with E-state index in [1.54, 1.807) is 48.5 Å². The Balaban J connectivity index is 1.65. The molecule has 0 aromatic heterocycles. The van der Waals surface area contributed by atoms with Crippen molar-refractivity contribution in [2.75, 3.05) is 0 Å². The molecule has 0 aliphatic rings. The van der Waals surface area contributed by atoms with Crippen LogP contribution < -0.4 is 9.46 Å². The van der Waals surface area contributed by atoms with Gasteiger partial charge < -0.3 is 4.74 Å². The minimum atomic E-state index is -3.93. The molecule has 5 nitrogen and oxygen atoms in total. The van der Waals surface area contributed by atoms with Crippen LogP contribution in [-0.4, -0.2) is 14.4 Å². The van der Waals surface area contributed by atoms with E-state index in [2.05, 4.69) is 11.3 Å². The zero-order valence-electron chi connectivity index (χ0n) is 18.1. The van der Waals surface area contributed by atoms with E-state index in [9.17, 15) is 13.2 Å². The highest BCUT2D eigenvalue weighted by atomic mass is 32.2. The maximum atomic E-state index is 13.1. The van der Waals surface area contributed by atoms with Gasteiger partial charge in [0.25, 0.3) is 0 Å². The Morgan fingerprint density at radius 3 is 2.21 bits per heavy atom. The molecule has 0 amide bonds. The average Bonchev–Trinajstić information content (AvgIpc) is 2.83. The minimum absolute atomic E-state index is 0.0233. The number of hydrogen-bond acceptors (Lipinski definition) is 4. The lowest BCUT2D eigenvalue weighted by molar-refractivity contribution is -0.130. The van der Waals surface area contributed by atoms with E-state index in [0.29, 0.717) is 11.3 Å². The molecule has 0 fully saturated rings. The first-order valence-corrected chi connectivity index (χ1v) is 11.9. The number of ether oxygens (including phenoxy) is 1. The molecular formula is C27H23NO4S. The second-order valence-corrected chi connectivity index (χ2v) is 9.38. The predicted octanol–water partition coefficient (Wildman–Crippen LogP) is 5.33. The number of nitrogens with one attached hydrogen (secondary N) is 1. The van der Waals surface area contributed by atoms with E-state index < -0.39 is 22.0 Å². The number of benzene rings is 4. The summed E-state index contributed by atoms with van der Waals surface area (Å²) in [5.74, 6) is -0.334. The lowest BCUT2D eigenvalue weighted by Crippen LogP contribution is -2.33. The van der Waals surface area contributed by atoms with Gasteiger partial charge >= 0.3 is 5.97 Å². The first kappa shape index (κ1) is 22.5. The average molecular weight is 458 g/mol. The van der Waals surface area contributed by atoms with Crippen LogP contribution in [-0.2, 0) is 14.8 Å². The lowest BCUT2D eigenvalue weighted by Gasteiger charge is -2.21. The summed E-state index contributed by atoms with van der Waals surface area (Å²) in [5.41, 5.74) is 1.49. The topological polar surface area (TPSA) is 72.5 Å². The first-order chi connectivity index (χ1) is 15.8. The van der Waals surface area contributed by atoms with E-state index in [4.69, 9.17) is 4.74 Å². The first-order valence-electron chi connectivity index (χ1n) is 10.4. The Morgan fingerprint density at radius 1 is 0.848 bits per heavy atom. The van der Waals surface area contributed by atoms with Crippen molar-refractivity contribution < 1.29 is 17.9 Å². The molecule has 4 aromatic carbocycles. The molecular weight excluding hydrogens is 434 g/mol. The second kappa shape index (κ2) is 9.40. The van der Waals surface area contributed by atoms with Gasteiger partial charge in [0.05, 0.1) is 16.5 Å². The van der Waals surface area contributed by atoms with E-state index in [1.165, 1.54) is 12.1 Å². The van der Waals surface area contributed by atoms with Crippen LogP contribution in [0.4, 0.5) is 0 Å². The molecule has 166 valence electrons. The lowest BCUT2D eigenvalue weighted by atomic mass is 10.0. The highest BCUT2D eigenvalue weighted by molar-refractivity contribution is 7.89. The molecule has 0 bridgehead atoms. The Labute approximate surface area is 193 Å². The molecule has 0 heterocycles. The van der Waals surface area contributed by atoms with Crippen molar-refractivity contribution >= 4 is 26.8 Å². The quantitative estimate of drug-likeness (QED) is 0.231. The highest BCUT2D eigenvalue weighted by Crippen LogP contribution is 2.29. The van der Waals surface area contributed by atoms with Crippen LogP contribution in [0.1, 0.15) is 17.2 Å². The molecule has 0 saturated carbocycles. The smallest absolute Gasteiger partial charge is 0.340 e. The minimum Gasteiger partial charge on any atom is -0.422 e. The van der Waals surface area contributed by atoms with Crippen molar-refractivity contribution in [2.45, 2.75) is 17.9 Å². The third-order valence-corrected chi connectivity index (χ3v) is 6.74. The number of hydrogen-bond donors (Lipinski definition) is 1. The zero-order valence-corrected chi connectivity index (χ0v) is 18.9. The van der Waals surface area contributed by atoms with Gasteiger partial charge in [-0.25, -0.2) is 13.2 Å². The molecule has 0 aliphatic carbocycles. The number of fused-ring (bicyclic) bond motifs is 1. The predicted molar refractivity (Wildman–Crippen MR) is 129 cm³/mol. The maximum Gasteiger partial charge on any atom is 0.340 e. The molecule has 4 rings (SSSR count). The molecule has 33 heavy (non-hydrogen) atoms. The SMILES string of the molecule is C=C(C(=O)Oc1cccc2ccccc12)[C@@H](NS(=O)(=O)c1ccc(C)cc1)c1ccccc1. The highest BCUT2D eigenvalue weighted by Gasteiger charge is 2.28. The number of sulfonamides is 1. The Kier molecular flexibility index (Phi) is 6.40. The van der Waals surface area contributed by atoms with Crippen LogP contribution in [0.15, 0.2) is 114 Å². The van der Waals surface area contributed by atoms with Crippen molar-refractivity contribution in [2.24, 2.45) is 0 Å². The summed E-state index contributed by atoms with van der Waals surface area (Å²) >= 11 is 0. The van der Waals surface area contributed by atoms with Gasteiger partial charge in [0.1, 0.15) is 5.75 Å². The maximum absolute atomic E-state index is 13.1. The van der Waals surface area contributed by atoms with Gasteiger partial charge in [0.2, 0.25) is 10.0 Å². The van der Waals surface area contributed by atoms with Crippen molar-refractivity contribution in [3.05, 3.63) is 120 Å². The third kappa shape index (κ3) is 5.03. The van der Waals surface area contributed by atoms with Gasteiger partial charge in [0.15, 0.2) is 0 Å². The fourth-order valence-electron chi connectivity index (χ4n) is 3.49. The molecule has 4 aromatic rings. The van der Waals surface area contributed by atoms with Crippen LogP contribution in [0.3, 0.4) is 0 Å². The van der Waals surface area contributed by atoms with Crippen molar-refractivity contribution in [1.29, 1.82) is 0 Å². The number of carbonyl (C=O) groups is 1. The fraction of sp³-hybridized carbons (Fsp3) is 0.0741. The summed E-state index contributed by atoms with van der Waals surface area (Å²) in [6.45, 7) is 5.77. The summed E-state index contributed by atoms with van der Waals surface area (Å²) in [5, 5.41) is 1.70. The van der Waals surface area contributed by atoms with Crippen molar-refractivity contribution in [3.8, 4) is 5.75 Å². The van der Waals surface area contributed by atoms with Gasteiger partial charge in [-0.2, -0.15) is 4.72 Å². The molecule has 0 aliphatic heterocycles. The molecule has 0 radical (unpaired) electrons. The van der Waals surface area contributed by atoms with Gasteiger partial charge in [-0.3, -0.25) is 0 Å². The fourth-order valence-corrected chi connectivity index (χ4v) is 4.71. The van der Waals surface area contributed by atoms with E-state index in [-0.39, 0.29) is 10.5 Å². The van der Waals surface area contributed by atoms with E-state index in [1.807, 2.05) is 43.3 Å². The van der Waals surface area contributed by atoms with Gasteiger partial charge in [-0.1, -0.05) is 91.0 Å². The van der Waals surface area contributed by atoms with E-state index in [0.717, 1.165) is 16.3 Å². The summed E-state index contributed by atoms with van der Waals surface area (Å²) in [4.78, 5) is 13.2. The summed E-state index contributed by atoms with van der Waals surface area (Å²) < 4.78 is 34.4. The van der Waals surface area contributed by atoms with Crippen LogP contribution in [0, 0.1) is 6.92 Å².